The van der Waals surface area contributed by atoms with Gasteiger partial charge in [-0.1, -0.05) is 39.8 Å². The molecule has 5 heteroatoms. The summed E-state index contributed by atoms with van der Waals surface area (Å²) in [7, 11) is 0. The SMILES string of the molecule is CC(C)(C)OC(=O)C(C)(C)Oc1ccc(Sc2ccc(CBr)cc2)cc1. The molecule has 0 atom stereocenters. The van der Waals surface area contributed by atoms with E-state index in [4.69, 9.17) is 9.47 Å². The monoisotopic (exact) mass is 436 g/mol. The zero-order valence-corrected chi connectivity index (χ0v) is 18.2. The van der Waals surface area contributed by atoms with Crippen LogP contribution in [0.1, 0.15) is 40.2 Å². The van der Waals surface area contributed by atoms with Gasteiger partial charge in [-0.15, -0.1) is 0 Å². The lowest BCUT2D eigenvalue weighted by molar-refractivity contribution is -0.170. The second kappa shape index (κ2) is 8.49. The Morgan fingerprint density at radius 3 is 1.88 bits per heavy atom. The lowest BCUT2D eigenvalue weighted by atomic mass is 10.1. The minimum atomic E-state index is -1.05. The maximum Gasteiger partial charge on any atom is 0.350 e. The van der Waals surface area contributed by atoms with E-state index in [9.17, 15) is 4.79 Å². The molecule has 0 aromatic heterocycles. The molecule has 0 amide bonds. The van der Waals surface area contributed by atoms with Crippen LogP contribution in [0.4, 0.5) is 0 Å². The van der Waals surface area contributed by atoms with Crippen molar-refractivity contribution in [3.05, 3.63) is 54.1 Å². The fraction of sp³-hybridized carbons (Fsp3) is 0.381. The van der Waals surface area contributed by atoms with Gasteiger partial charge in [0.05, 0.1) is 0 Å². The van der Waals surface area contributed by atoms with Gasteiger partial charge >= 0.3 is 5.97 Å². The van der Waals surface area contributed by atoms with Gasteiger partial charge in [0.25, 0.3) is 0 Å². The van der Waals surface area contributed by atoms with Gasteiger partial charge in [0, 0.05) is 15.1 Å². The van der Waals surface area contributed by atoms with Crippen LogP contribution in [0.2, 0.25) is 0 Å². The second-order valence-corrected chi connectivity index (χ2v) is 9.17. The third-order valence-electron chi connectivity index (χ3n) is 3.40. The van der Waals surface area contributed by atoms with Crippen LogP contribution in [0.25, 0.3) is 0 Å². The number of hydrogen-bond acceptors (Lipinski definition) is 4. The van der Waals surface area contributed by atoms with E-state index in [2.05, 4.69) is 40.2 Å². The molecule has 3 nitrogen and oxygen atoms in total. The van der Waals surface area contributed by atoms with E-state index in [-0.39, 0.29) is 5.97 Å². The smallest absolute Gasteiger partial charge is 0.350 e. The Balaban J connectivity index is 2.00. The predicted molar refractivity (Wildman–Crippen MR) is 110 cm³/mol. The maximum atomic E-state index is 12.3. The molecule has 0 bridgehead atoms. The lowest BCUT2D eigenvalue weighted by Gasteiger charge is -2.29. The average molecular weight is 437 g/mol. The number of rotatable bonds is 6. The number of halogens is 1. The van der Waals surface area contributed by atoms with Gasteiger partial charge in [-0.25, -0.2) is 4.79 Å². The molecule has 0 aliphatic heterocycles. The minimum absolute atomic E-state index is 0.379. The number of alkyl halides is 1. The highest BCUT2D eigenvalue weighted by Crippen LogP contribution is 2.30. The molecule has 0 saturated carbocycles. The first kappa shape index (κ1) is 20.8. The Bertz CT molecular complexity index is 731. The van der Waals surface area contributed by atoms with E-state index in [0.717, 1.165) is 10.2 Å². The summed E-state index contributed by atoms with van der Waals surface area (Å²) < 4.78 is 11.3. The minimum Gasteiger partial charge on any atom is -0.476 e. The largest absolute Gasteiger partial charge is 0.476 e. The molecule has 2 rings (SSSR count). The molecule has 140 valence electrons. The fourth-order valence-electron chi connectivity index (χ4n) is 2.10. The molecule has 0 aliphatic carbocycles. The highest BCUT2D eigenvalue weighted by molar-refractivity contribution is 9.08. The number of ether oxygens (including phenoxy) is 2. The van der Waals surface area contributed by atoms with Crippen molar-refractivity contribution in [1.82, 2.24) is 0 Å². The van der Waals surface area contributed by atoms with Crippen LogP contribution in [-0.2, 0) is 14.9 Å². The second-order valence-electron chi connectivity index (χ2n) is 7.47. The van der Waals surface area contributed by atoms with E-state index in [1.165, 1.54) is 10.5 Å². The van der Waals surface area contributed by atoms with Crippen LogP contribution in [0.3, 0.4) is 0 Å². The van der Waals surface area contributed by atoms with Crippen molar-refractivity contribution in [3.8, 4) is 5.75 Å². The van der Waals surface area contributed by atoms with Gasteiger partial charge in [-0.3, -0.25) is 0 Å². The molecule has 0 heterocycles. The normalized spacial score (nSPS) is 11.9. The van der Waals surface area contributed by atoms with Crippen LogP contribution >= 0.6 is 27.7 Å². The summed E-state index contributed by atoms with van der Waals surface area (Å²) in [4.78, 5) is 14.6. The van der Waals surface area contributed by atoms with Crippen LogP contribution in [0, 0.1) is 0 Å². The third-order valence-corrected chi connectivity index (χ3v) is 5.06. The zero-order valence-electron chi connectivity index (χ0n) is 15.8. The van der Waals surface area contributed by atoms with Crippen molar-refractivity contribution >= 4 is 33.7 Å². The van der Waals surface area contributed by atoms with E-state index >= 15 is 0 Å². The van der Waals surface area contributed by atoms with E-state index in [0.29, 0.717) is 5.75 Å². The Labute approximate surface area is 168 Å². The molecule has 0 radical (unpaired) electrons. The highest BCUT2D eigenvalue weighted by Gasteiger charge is 2.34. The van der Waals surface area contributed by atoms with Crippen molar-refractivity contribution in [2.24, 2.45) is 0 Å². The number of carbonyl (C=O) groups excluding carboxylic acids is 1. The van der Waals surface area contributed by atoms with Crippen molar-refractivity contribution in [3.63, 3.8) is 0 Å². The molecular weight excluding hydrogens is 412 g/mol. The number of esters is 1. The fourth-order valence-corrected chi connectivity index (χ4v) is 3.29. The Morgan fingerprint density at radius 1 is 0.923 bits per heavy atom. The molecule has 0 unspecified atom stereocenters. The molecule has 26 heavy (non-hydrogen) atoms. The summed E-state index contributed by atoms with van der Waals surface area (Å²) in [6.07, 6.45) is 0. The van der Waals surface area contributed by atoms with Crippen LogP contribution < -0.4 is 4.74 Å². The molecule has 0 spiro atoms. The van der Waals surface area contributed by atoms with Crippen LogP contribution in [-0.4, -0.2) is 17.2 Å². The van der Waals surface area contributed by atoms with Crippen molar-refractivity contribution < 1.29 is 14.3 Å². The van der Waals surface area contributed by atoms with Gasteiger partial charge in [0.1, 0.15) is 11.4 Å². The van der Waals surface area contributed by atoms with Crippen molar-refractivity contribution in [2.45, 2.75) is 60.9 Å². The molecule has 0 fully saturated rings. The van der Waals surface area contributed by atoms with Crippen molar-refractivity contribution in [2.75, 3.05) is 0 Å². The van der Waals surface area contributed by atoms with Gasteiger partial charge in [-0.2, -0.15) is 0 Å². The first-order chi connectivity index (χ1) is 12.1. The Kier molecular flexibility index (Phi) is 6.80. The van der Waals surface area contributed by atoms with Crippen molar-refractivity contribution in [1.29, 1.82) is 0 Å². The first-order valence-electron chi connectivity index (χ1n) is 8.44. The lowest BCUT2D eigenvalue weighted by Crippen LogP contribution is -2.43. The quantitative estimate of drug-likeness (QED) is 0.396. The summed E-state index contributed by atoms with van der Waals surface area (Å²) in [5, 5.41) is 0.859. The van der Waals surface area contributed by atoms with E-state index < -0.39 is 11.2 Å². The van der Waals surface area contributed by atoms with Gasteiger partial charge in [0.15, 0.2) is 5.60 Å². The molecular formula is C21H25BrO3S. The van der Waals surface area contributed by atoms with E-state index in [1.54, 1.807) is 25.6 Å². The number of hydrogen-bond donors (Lipinski definition) is 0. The Morgan fingerprint density at radius 2 is 1.42 bits per heavy atom. The summed E-state index contributed by atoms with van der Waals surface area (Å²) >= 11 is 5.14. The number of carbonyl (C=O) groups is 1. The van der Waals surface area contributed by atoms with E-state index in [1.807, 2.05) is 45.0 Å². The standard InChI is InChI=1S/C21H25BrO3S/c1-20(2,3)25-19(23)21(4,5)24-16-8-12-18(13-9-16)26-17-10-6-15(14-22)7-11-17/h6-13H,14H2,1-5H3. The predicted octanol–water partition coefficient (Wildman–Crippen LogP) is 6.23. The maximum absolute atomic E-state index is 12.3. The number of benzene rings is 2. The topological polar surface area (TPSA) is 35.5 Å². The Hall–Kier alpha value is -1.46. The highest BCUT2D eigenvalue weighted by atomic mass is 79.9. The summed E-state index contributed by atoms with van der Waals surface area (Å²) in [5.41, 5.74) is -0.335. The third kappa shape index (κ3) is 6.36. The first-order valence-corrected chi connectivity index (χ1v) is 10.4. The summed E-state index contributed by atoms with van der Waals surface area (Å²) in [5.74, 6) is 0.259. The van der Waals surface area contributed by atoms with Gasteiger partial charge in [-0.05, 0) is 76.6 Å². The van der Waals surface area contributed by atoms with Crippen LogP contribution in [0.5, 0.6) is 5.75 Å². The summed E-state index contributed by atoms with van der Waals surface area (Å²) in [6.45, 7) is 8.97. The summed E-state index contributed by atoms with van der Waals surface area (Å²) in [6, 6.07) is 16.2. The molecule has 2 aromatic carbocycles. The molecule has 0 saturated heterocycles. The molecule has 0 aliphatic rings. The zero-order chi connectivity index (χ0) is 19.4. The molecule has 0 N–H and O–H groups in total. The average Bonchev–Trinajstić information content (AvgIpc) is 2.55. The van der Waals surface area contributed by atoms with Gasteiger partial charge < -0.3 is 9.47 Å². The van der Waals surface area contributed by atoms with Crippen LogP contribution in [0.15, 0.2) is 58.3 Å². The molecule has 2 aromatic rings. The van der Waals surface area contributed by atoms with Gasteiger partial charge in [0.2, 0.25) is 0 Å².